The van der Waals surface area contributed by atoms with Gasteiger partial charge in [0.15, 0.2) is 0 Å². The maximum atomic E-state index is 3.48. The zero-order valence-electron chi connectivity index (χ0n) is 10.1. The Bertz CT molecular complexity index is 520. The molecule has 0 atom stereocenters. The smallest absolute Gasteiger partial charge is 0.0401 e. The number of benzene rings is 2. The molecule has 1 nitrogen and oxygen atoms in total. The molecule has 0 saturated carbocycles. The summed E-state index contributed by atoms with van der Waals surface area (Å²) in [6.45, 7) is 5.10. The maximum absolute atomic E-state index is 3.48. The molecule has 17 heavy (non-hydrogen) atoms. The Morgan fingerprint density at radius 2 is 1.88 bits per heavy atom. The van der Waals surface area contributed by atoms with Gasteiger partial charge in [-0.05, 0) is 43.2 Å². The molecule has 0 aliphatic heterocycles. The summed E-state index contributed by atoms with van der Waals surface area (Å²) in [7, 11) is 0. The quantitative estimate of drug-likeness (QED) is 0.865. The van der Waals surface area contributed by atoms with Gasteiger partial charge < -0.3 is 5.32 Å². The number of hydrogen-bond donors (Lipinski definition) is 1. The van der Waals surface area contributed by atoms with Crippen LogP contribution in [0.1, 0.15) is 16.7 Å². The number of anilines is 1. The van der Waals surface area contributed by atoms with Gasteiger partial charge >= 0.3 is 0 Å². The van der Waals surface area contributed by atoms with Crippen molar-refractivity contribution in [2.75, 3.05) is 5.32 Å². The van der Waals surface area contributed by atoms with Crippen molar-refractivity contribution in [2.24, 2.45) is 0 Å². The van der Waals surface area contributed by atoms with Crippen molar-refractivity contribution < 1.29 is 0 Å². The molecule has 0 saturated heterocycles. The van der Waals surface area contributed by atoms with Crippen LogP contribution in [-0.4, -0.2) is 0 Å². The second-order valence-corrected chi connectivity index (χ2v) is 5.22. The van der Waals surface area contributed by atoms with E-state index in [-0.39, 0.29) is 0 Å². The monoisotopic (exact) mass is 289 g/mol. The lowest BCUT2D eigenvalue weighted by atomic mass is 10.1. The van der Waals surface area contributed by atoms with Crippen LogP contribution in [0.5, 0.6) is 0 Å². The fourth-order valence-corrected chi connectivity index (χ4v) is 2.30. The summed E-state index contributed by atoms with van der Waals surface area (Å²) in [5.41, 5.74) is 5.07. The zero-order valence-corrected chi connectivity index (χ0v) is 11.7. The molecule has 0 aliphatic rings. The molecule has 0 radical (unpaired) electrons. The van der Waals surface area contributed by atoms with Gasteiger partial charge in [0.05, 0.1) is 0 Å². The Morgan fingerprint density at radius 3 is 2.59 bits per heavy atom. The van der Waals surface area contributed by atoms with Crippen LogP contribution in [0.3, 0.4) is 0 Å². The highest BCUT2D eigenvalue weighted by Crippen LogP contribution is 2.18. The van der Waals surface area contributed by atoms with E-state index >= 15 is 0 Å². The van der Waals surface area contributed by atoms with E-state index in [0.717, 1.165) is 11.0 Å². The van der Waals surface area contributed by atoms with Crippen LogP contribution >= 0.6 is 15.9 Å². The number of halogens is 1. The molecule has 0 heterocycles. The van der Waals surface area contributed by atoms with Gasteiger partial charge in [-0.1, -0.05) is 45.8 Å². The van der Waals surface area contributed by atoms with E-state index in [4.69, 9.17) is 0 Å². The van der Waals surface area contributed by atoms with Crippen molar-refractivity contribution >= 4 is 21.6 Å². The predicted octanol–water partition coefficient (Wildman–Crippen LogP) is 4.68. The zero-order chi connectivity index (χ0) is 12.3. The summed E-state index contributed by atoms with van der Waals surface area (Å²) in [4.78, 5) is 0. The van der Waals surface area contributed by atoms with Crippen LogP contribution in [0.4, 0.5) is 5.69 Å². The third-order valence-electron chi connectivity index (χ3n) is 2.75. The van der Waals surface area contributed by atoms with Gasteiger partial charge in [-0.25, -0.2) is 0 Å². The largest absolute Gasteiger partial charge is 0.381 e. The van der Waals surface area contributed by atoms with Crippen LogP contribution in [0.15, 0.2) is 46.9 Å². The van der Waals surface area contributed by atoms with E-state index in [2.05, 4.69) is 71.5 Å². The first-order chi connectivity index (χ1) is 8.15. The van der Waals surface area contributed by atoms with E-state index in [1.807, 2.05) is 6.07 Å². The molecule has 0 bridgehead atoms. The molecule has 0 aromatic heterocycles. The van der Waals surface area contributed by atoms with Crippen molar-refractivity contribution in [2.45, 2.75) is 20.4 Å². The van der Waals surface area contributed by atoms with Gasteiger partial charge in [-0.2, -0.15) is 0 Å². The molecule has 0 amide bonds. The van der Waals surface area contributed by atoms with Crippen molar-refractivity contribution in [3.8, 4) is 0 Å². The summed E-state index contributed by atoms with van der Waals surface area (Å²) < 4.78 is 1.12. The Kier molecular flexibility index (Phi) is 3.85. The third-order valence-corrected chi connectivity index (χ3v) is 3.25. The number of nitrogens with one attached hydrogen (secondary N) is 1. The van der Waals surface area contributed by atoms with Crippen molar-refractivity contribution in [3.63, 3.8) is 0 Å². The number of rotatable bonds is 3. The average molecular weight is 290 g/mol. The van der Waals surface area contributed by atoms with Gasteiger partial charge in [0.1, 0.15) is 0 Å². The van der Waals surface area contributed by atoms with Gasteiger partial charge in [-0.3, -0.25) is 0 Å². The van der Waals surface area contributed by atoms with Crippen molar-refractivity contribution in [1.29, 1.82) is 0 Å². The first kappa shape index (κ1) is 12.2. The molecule has 2 rings (SSSR count). The number of aryl methyl sites for hydroxylation is 2. The van der Waals surface area contributed by atoms with Gasteiger partial charge in [0.2, 0.25) is 0 Å². The average Bonchev–Trinajstić information content (AvgIpc) is 2.28. The standard InChI is InChI=1S/C15H16BrN/c1-11-6-7-15(12(2)8-11)17-10-13-4-3-5-14(16)9-13/h3-9,17H,10H2,1-2H3. The fraction of sp³-hybridized carbons (Fsp3) is 0.200. The van der Waals surface area contributed by atoms with E-state index in [1.165, 1.54) is 22.4 Å². The van der Waals surface area contributed by atoms with E-state index in [1.54, 1.807) is 0 Å². The number of hydrogen-bond acceptors (Lipinski definition) is 1. The molecular weight excluding hydrogens is 274 g/mol. The van der Waals surface area contributed by atoms with Gasteiger partial charge in [-0.15, -0.1) is 0 Å². The lowest BCUT2D eigenvalue weighted by Gasteiger charge is -2.10. The SMILES string of the molecule is Cc1ccc(NCc2cccc(Br)c2)c(C)c1. The van der Waals surface area contributed by atoms with E-state index < -0.39 is 0 Å². The van der Waals surface area contributed by atoms with E-state index in [9.17, 15) is 0 Å². The first-order valence-electron chi connectivity index (χ1n) is 5.71. The highest BCUT2D eigenvalue weighted by atomic mass is 79.9. The minimum absolute atomic E-state index is 0.851. The van der Waals surface area contributed by atoms with Crippen molar-refractivity contribution in [1.82, 2.24) is 0 Å². The second-order valence-electron chi connectivity index (χ2n) is 4.30. The van der Waals surface area contributed by atoms with E-state index in [0.29, 0.717) is 0 Å². The van der Waals surface area contributed by atoms with Crippen LogP contribution in [0, 0.1) is 13.8 Å². The second kappa shape index (κ2) is 5.37. The normalized spacial score (nSPS) is 10.3. The summed E-state index contributed by atoms with van der Waals surface area (Å²) in [6.07, 6.45) is 0. The molecule has 0 spiro atoms. The molecular formula is C15H16BrN. The molecule has 0 unspecified atom stereocenters. The van der Waals surface area contributed by atoms with Crippen molar-refractivity contribution in [3.05, 3.63) is 63.6 Å². The molecule has 1 N–H and O–H groups in total. The summed E-state index contributed by atoms with van der Waals surface area (Å²) in [5.74, 6) is 0. The predicted molar refractivity (Wildman–Crippen MR) is 77.4 cm³/mol. The van der Waals surface area contributed by atoms with Gasteiger partial charge in [0.25, 0.3) is 0 Å². The molecule has 2 aromatic carbocycles. The Morgan fingerprint density at radius 1 is 1.06 bits per heavy atom. The van der Waals surface area contributed by atoms with Crippen LogP contribution < -0.4 is 5.32 Å². The third kappa shape index (κ3) is 3.34. The molecule has 2 aromatic rings. The first-order valence-corrected chi connectivity index (χ1v) is 6.50. The minimum Gasteiger partial charge on any atom is -0.381 e. The lowest BCUT2D eigenvalue weighted by molar-refractivity contribution is 1.13. The highest BCUT2D eigenvalue weighted by molar-refractivity contribution is 9.10. The maximum Gasteiger partial charge on any atom is 0.0401 e. The minimum atomic E-state index is 0.851. The van der Waals surface area contributed by atoms with Crippen LogP contribution in [0.25, 0.3) is 0 Å². The van der Waals surface area contributed by atoms with Crippen LogP contribution in [-0.2, 0) is 6.54 Å². The van der Waals surface area contributed by atoms with Gasteiger partial charge in [0, 0.05) is 16.7 Å². The topological polar surface area (TPSA) is 12.0 Å². The Balaban J connectivity index is 2.07. The lowest BCUT2D eigenvalue weighted by Crippen LogP contribution is -2.01. The highest BCUT2D eigenvalue weighted by Gasteiger charge is 1.98. The fourth-order valence-electron chi connectivity index (χ4n) is 1.86. The van der Waals surface area contributed by atoms with Crippen LogP contribution in [0.2, 0.25) is 0 Å². The molecule has 88 valence electrons. The molecule has 0 fully saturated rings. The Labute approximate surface area is 111 Å². The Hall–Kier alpha value is -1.28. The summed E-state index contributed by atoms with van der Waals surface area (Å²) in [6, 6.07) is 14.8. The summed E-state index contributed by atoms with van der Waals surface area (Å²) in [5, 5.41) is 3.46. The summed E-state index contributed by atoms with van der Waals surface area (Å²) >= 11 is 3.48. The molecule has 2 heteroatoms. The molecule has 0 aliphatic carbocycles.